The molecule has 188 valence electrons. The SMILES string of the molecule is O=S(=O)(Nc1ncnc2cc(-c3ccccc3F)c(Cl)cc12)c1c(F)c(F)c(F)c(F)c1C(F)(F)F. The Hall–Kier alpha value is -3.52. The van der Waals surface area contributed by atoms with E-state index in [0.29, 0.717) is 0 Å². The summed E-state index contributed by atoms with van der Waals surface area (Å²) in [5.74, 6) is -12.8. The normalized spacial score (nSPS) is 12.2. The molecule has 4 aromatic rings. The number of sulfonamides is 1. The molecule has 0 spiro atoms. The Kier molecular flexibility index (Phi) is 6.29. The van der Waals surface area contributed by atoms with Crippen molar-refractivity contribution in [1.29, 1.82) is 0 Å². The van der Waals surface area contributed by atoms with E-state index in [1.807, 2.05) is 0 Å². The van der Waals surface area contributed by atoms with Gasteiger partial charge in [0, 0.05) is 21.5 Å². The maximum absolute atomic E-state index is 14.3. The molecule has 36 heavy (non-hydrogen) atoms. The summed E-state index contributed by atoms with van der Waals surface area (Å²) in [7, 11) is -5.78. The van der Waals surface area contributed by atoms with Crippen molar-refractivity contribution in [3.63, 3.8) is 0 Å². The van der Waals surface area contributed by atoms with Crippen molar-refractivity contribution in [2.24, 2.45) is 0 Å². The Morgan fingerprint density at radius 3 is 2.11 bits per heavy atom. The monoisotopic (exact) mass is 553 g/mol. The summed E-state index contributed by atoms with van der Waals surface area (Å²) >= 11 is 6.19. The number of rotatable bonds is 4. The zero-order valence-corrected chi connectivity index (χ0v) is 18.6. The second-order valence-electron chi connectivity index (χ2n) is 7.11. The maximum Gasteiger partial charge on any atom is 0.420 e. The van der Waals surface area contributed by atoms with Crippen molar-refractivity contribution in [2.45, 2.75) is 11.1 Å². The summed E-state index contributed by atoms with van der Waals surface area (Å²) in [6.07, 6.45) is -5.18. The van der Waals surface area contributed by atoms with Gasteiger partial charge in [0.25, 0.3) is 10.0 Å². The molecule has 0 radical (unpaired) electrons. The van der Waals surface area contributed by atoms with Crippen LogP contribution in [0.4, 0.5) is 40.9 Å². The molecule has 5 nitrogen and oxygen atoms in total. The molecule has 0 aliphatic carbocycles. The number of nitrogens with one attached hydrogen (secondary N) is 1. The average Bonchev–Trinajstić information content (AvgIpc) is 2.79. The predicted molar refractivity (Wildman–Crippen MR) is 112 cm³/mol. The highest BCUT2D eigenvalue weighted by molar-refractivity contribution is 7.92. The average molecular weight is 554 g/mol. The van der Waals surface area contributed by atoms with Crippen LogP contribution in [-0.4, -0.2) is 18.4 Å². The van der Waals surface area contributed by atoms with Crippen molar-refractivity contribution < 1.29 is 43.5 Å². The van der Waals surface area contributed by atoms with Crippen molar-refractivity contribution in [2.75, 3.05) is 4.72 Å². The molecule has 15 heteroatoms. The van der Waals surface area contributed by atoms with E-state index in [9.17, 15) is 43.5 Å². The molecule has 0 saturated carbocycles. The van der Waals surface area contributed by atoms with Gasteiger partial charge in [0.15, 0.2) is 29.1 Å². The Balaban J connectivity index is 1.90. The van der Waals surface area contributed by atoms with E-state index in [1.54, 1.807) is 0 Å². The topological polar surface area (TPSA) is 72.0 Å². The smallest absolute Gasteiger partial charge is 0.263 e. The summed E-state index contributed by atoms with van der Waals surface area (Å²) in [4.78, 5) is 4.91. The molecule has 0 unspecified atom stereocenters. The third-order valence-corrected chi connectivity index (χ3v) is 6.59. The molecular formula is C21H8ClF8N3O2S. The lowest BCUT2D eigenvalue weighted by atomic mass is 10.0. The molecule has 4 rings (SSSR count). The number of hydrogen-bond acceptors (Lipinski definition) is 4. The van der Waals surface area contributed by atoms with Gasteiger partial charge in [0.05, 0.1) is 5.52 Å². The third-order valence-electron chi connectivity index (χ3n) is 4.90. The van der Waals surface area contributed by atoms with E-state index in [2.05, 4.69) is 9.97 Å². The standard InChI is InChI=1S/C21H8ClF8N3O2S/c22-11-5-10-13(6-9(11)8-3-1-2-4-12(8)23)31-7-32-20(10)33-36(34,35)19-14(21(28,29)30)15(24)16(25)17(26)18(19)27/h1-7H,(H,31,32,33). The molecule has 0 bridgehead atoms. The minimum Gasteiger partial charge on any atom is -0.263 e. The third kappa shape index (κ3) is 4.30. The summed E-state index contributed by atoms with van der Waals surface area (Å²) in [6, 6.07) is 7.71. The minimum atomic E-state index is -5.94. The van der Waals surface area contributed by atoms with Crippen LogP contribution in [0, 0.1) is 29.1 Å². The van der Waals surface area contributed by atoms with Gasteiger partial charge in [0.1, 0.15) is 22.6 Å². The summed E-state index contributed by atoms with van der Waals surface area (Å²) < 4.78 is 137. The van der Waals surface area contributed by atoms with Crippen molar-refractivity contribution in [3.8, 4) is 11.1 Å². The minimum absolute atomic E-state index is 0.0410. The molecule has 3 aromatic carbocycles. The first-order valence-corrected chi connectivity index (χ1v) is 11.2. The van der Waals surface area contributed by atoms with Gasteiger partial charge in [-0.15, -0.1) is 0 Å². The van der Waals surface area contributed by atoms with Crippen LogP contribution in [0.15, 0.2) is 47.6 Å². The quantitative estimate of drug-likeness (QED) is 0.179. The van der Waals surface area contributed by atoms with Crippen LogP contribution < -0.4 is 4.72 Å². The molecule has 0 saturated heterocycles. The Bertz CT molecular complexity index is 1650. The first kappa shape index (κ1) is 25.6. The fourth-order valence-electron chi connectivity index (χ4n) is 3.34. The fraction of sp³-hybridized carbons (Fsp3) is 0.0476. The van der Waals surface area contributed by atoms with Gasteiger partial charge in [-0.25, -0.2) is 40.3 Å². The summed E-state index contributed by atoms with van der Waals surface area (Å²) in [6.45, 7) is 0. The number of fused-ring (bicyclic) bond motifs is 1. The predicted octanol–water partition coefficient (Wildman–Crippen LogP) is 6.47. The van der Waals surface area contributed by atoms with Crippen LogP contribution in [0.3, 0.4) is 0 Å². The number of nitrogens with zero attached hydrogens (tertiary/aromatic N) is 2. The van der Waals surface area contributed by atoms with Gasteiger partial charge in [-0.3, -0.25) is 4.72 Å². The maximum atomic E-state index is 14.3. The zero-order valence-electron chi connectivity index (χ0n) is 17.1. The van der Waals surface area contributed by atoms with E-state index >= 15 is 0 Å². The van der Waals surface area contributed by atoms with E-state index in [-0.39, 0.29) is 27.1 Å². The van der Waals surface area contributed by atoms with Gasteiger partial charge >= 0.3 is 6.18 Å². The highest BCUT2D eigenvalue weighted by Crippen LogP contribution is 2.41. The molecule has 0 fully saturated rings. The number of hydrogen-bond donors (Lipinski definition) is 1. The second kappa shape index (κ2) is 8.85. The van der Waals surface area contributed by atoms with Crippen LogP contribution in [0.1, 0.15) is 5.56 Å². The van der Waals surface area contributed by atoms with Crippen molar-refractivity contribution in [1.82, 2.24) is 9.97 Å². The lowest BCUT2D eigenvalue weighted by Gasteiger charge is -2.17. The molecule has 1 heterocycles. The Labute approximate surface area is 201 Å². The molecule has 0 amide bonds. The van der Waals surface area contributed by atoms with E-state index in [4.69, 9.17) is 11.6 Å². The van der Waals surface area contributed by atoms with Gasteiger partial charge in [-0.1, -0.05) is 29.8 Å². The molecule has 1 aromatic heterocycles. The fourth-order valence-corrected chi connectivity index (χ4v) is 4.92. The number of alkyl halides is 3. The van der Waals surface area contributed by atoms with Gasteiger partial charge < -0.3 is 0 Å². The first-order valence-electron chi connectivity index (χ1n) is 9.39. The largest absolute Gasteiger partial charge is 0.420 e. The van der Waals surface area contributed by atoms with Crippen LogP contribution in [0.25, 0.3) is 22.0 Å². The van der Waals surface area contributed by atoms with Gasteiger partial charge in [-0.05, 0) is 18.2 Å². The molecule has 0 aliphatic heterocycles. The van der Waals surface area contributed by atoms with Crippen molar-refractivity contribution >= 4 is 38.3 Å². The van der Waals surface area contributed by atoms with E-state index in [0.717, 1.165) is 18.5 Å². The zero-order chi connectivity index (χ0) is 26.6. The molecule has 1 N–H and O–H groups in total. The Morgan fingerprint density at radius 2 is 1.47 bits per heavy atom. The number of halogens is 9. The van der Waals surface area contributed by atoms with Crippen LogP contribution in [-0.2, 0) is 16.2 Å². The Morgan fingerprint density at radius 1 is 0.833 bits per heavy atom. The van der Waals surface area contributed by atoms with Crippen molar-refractivity contribution in [3.05, 3.63) is 82.4 Å². The number of benzene rings is 3. The van der Waals surface area contributed by atoms with Gasteiger partial charge in [0.2, 0.25) is 0 Å². The first-order chi connectivity index (χ1) is 16.7. The second-order valence-corrected chi connectivity index (χ2v) is 9.14. The number of anilines is 1. The molecule has 0 atom stereocenters. The lowest BCUT2D eigenvalue weighted by Crippen LogP contribution is -2.24. The van der Waals surface area contributed by atoms with Crippen LogP contribution in [0.5, 0.6) is 0 Å². The molecular weight excluding hydrogens is 546 g/mol. The highest BCUT2D eigenvalue weighted by atomic mass is 35.5. The summed E-state index contributed by atoms with van der Waals surface area (Å²) in [5.41, 5.74) is -2.81. The highest BCUT2D eigenvalue weighted by Gasteiger charge is 2.46. The molecule has 0 aliphatic rings. The van der Waals surface area contributed by atoms with Crippen LogP contribution >= 0.6 is 11.6 Å². The lowest BCUT2D eigenvalue weighted by molar-refractivity contribution is -0.143. The number of aromatic nitrogens is 2. The summed E-state index contributed by atoms with van der Waals surface area (Å²) in [5, 5.41) is -0.410. The van der Waals surface area contributed by atoms with Crippen LogP contribution in [0.2, 0.25) is 5.02 Å². The van der Waals surface area contributed by atoms with E-state index in [1.165, 1.54) is 29.0 Å². The van der Waals surface area contributed by atoms with Gasteiger partial charge in [-0.2, -0.15) is 13.2 Å². The van der Waals surface area contributed by atoms with E-state index < -0.39 is 61.6 Å².